The maximum Gasteiger partial charge on any atom is 0.339 e. The smallest absolute Gasteiger partial charge is 0.339 e. The minimum atomic E-state index is -0.133. The summed E-state index contributed by atoms with van der Waals surface area (Å²) in [4.78, 5) is 11.8. The lowest BCUT2D eigenvalue weighted by molar-refractivity contribution is 0.533. The average molecular weight is 214 g/mol. The van der Waals surface area contributed by atoms with Gasteiger partial charge in [0, 0.05) is 10.9 Å². The zero-order chi connectivity index (χ0) is 11.1. The maximum atomic E-state index is 11.8. The first kappa shape index (κ1) is 9.64. The molecule has 0 aliphatic heterocycles. The Morgan fingerprint density at radius 3 is 2.69 bits per heavy atom. The van der Waals surface area contributed by atoms with Gasteiger partial charge in [0.1, 0.15) is 5.58 Å². The second-order valence-corrected chi connectivity index (χ2v) is 4.55. The average Bonchev–Trinajstić information content (AvgIpc) is 2.31. The summed E-state index contributed by atoms with van der Waals surface area (Å²) in [5.74, 6) is 0. The third-order valence-corrected chi connectivity index (χ3v) is 3.38. The first-order valence-corrected chi connectivity index (χ1v) is 5.81. The fourth-order valence-corrected chi connectivity index (χ4v) is 2.56. The highest BCUT2D eigenvalue weighted by Crippen LogP contribution is 2.27. The first-order chi connectivity index (χ1) is 7.75. The number of hydrogen-bond acceptors (Lipinski definition) is 2. The van der Waals surface area contributed by atoms with Crippen molar-refractivity contribution in [3.05, 3.63) is 45.3 Å². The Labute approximate surface area is 93.9 Å². The minimum Gasteiger partial charge on any atom is -0.423 e. The molecule has 16 heavy (non-hydrogen) atoms. The van der Waals surface area contributed by atoms with Crippen LogP contribution in [0.4, 0.5) is 0 Å². The zero-order valence-corrected chi connectivity index (χ0v) is 9.38. The Morgan fingerprint density at radius 2 is 1.88 bits per heavy atom. The van der Waals surface area contributed by atoms with Crippen molar-refractivity contribution in [1.82, 2.24) is 0 Å². The lowest BCUT2D eigenvalue weighted by atomic mass is 9.90. The molecule has 0 bridgehead atoms. The van der Waals surface area contributed by atoms with Gasteiger partial charge in [-0.15, -0.1) is 0 Å². The monoisotopic (exact) mass is 214 g/mol. The predicted octanol–water partition coefficient (Wildman–Crippen LogP) is 2.98. The van der Waals surface area contributed by atoms with E-state index in [1.807, 2.05) is 12.1 Å². The quantitative estimate of drug-likeness (QED) is 0.631. The van der Waals surface area contributed by atoms with Crippen molar-refractivity contribution in [3.63, 3.8) is 0 Å². The van der Waals surface area contributed by atoms with Crippen molar-refractivity contribution < 1.29 is 4.42 Å². The van der Waals surface area contributed by atoms with Crippen molar-refractivity contribution in [1.29, 1.82) is 0 Å². The van der Waals surface area contributed by atoms with Gasteiger partial charge in [0.25, 0.3) is 0 Å². The van der Waals surface area contributed by atoms with Crippen LogP contribution in [0, 0.1) is 6.92 Å². The van der Waals surface area contributed by atoms with Crippen LogP contribution in [0.1, 0.15) is 29.5 Å². The van der Waals surface area contributed by atoms with Gasteiger partial charge in [-0.3, -0.25) is 0 Å². The Balaban J connectivity index is 2.43. The van der Waals surface area contributed by atoms with E-state index in [9.17, 15) is 4.79 Å². The summed E-state index contributed by atoms with van der Waals surface area (Å²) in [6.07, 6.45) is 4.18. The van der Waals surface area contributed by atoms with E-state index in [1.165, 1.54) is 17.5 Å². The van der Waals surface area contributed by atoms with E-state index in [0.29, 0.717) is 0 Å². The maximum absolute atomic E-state index is 11.8. The van der Waals surface area contributed by atoms with E-state index < -0.39 is 0 Å². The van der Waals surface area contributed by atoms with Crippen LogP contribution in [0.2, 0.25) is 0 Å². The first-order valence-electron chi connectivity index (χ1n) is 5.81. The molecule has 2 nitrogen and oxygen atoms in total. The lowest BCUT2D eigenvalue weighted by Gasteiger charge is -2.16. The molecule has 2 heteroatoms. The molecule has 82 valence electrons. The Hall–Kier alpha value is -1.57. The number of aryl methyl sites for hydroxylation is 2. The van der Waals surface area contributed by atoms with Crippen LogP contribution in [0.15, 0.2) is 27.4 Å². The van der Waals surface area contributed by atoms with Crippen LogP contribution in [-0.4, -0.2) is 0 Å². The number of rotatable bonds is 0. The SMILES string of the molecule is Cc1ccc2oc(=O)c3c(c2c1)CCCC3. The molecule has 0 radical (unpaired) electrons. The Kier molecular flexibility index (Phi) is 2.10. The van der Waals surface area contributed by atoms with Gasteiger partial charge in [0.15, 0.2) is 0 Å². The summed E-state index contributed by atoms with van der Waals surface area (Å²) in [6, 6.07) is 6.02. The van der Waals surface area contributed by atoms with Crippen LogP contribution in [0.25, 0.3) is 11.0 Å². The second kappa shape index (κ2) is 3.48. The fourth-order valence-electron chi connectivity index (χ4n) is 2.56. The van der Waals surface area contributed by atoms with Crippen LogP contribution >= 0.6 is 0 Å². The normalized spacial score (nSPS) is 15.1. The third-order valence-electron chi connectivity index (χ3n) is 3.38. The van der Waals surface area contributed by atoms with Gasteiger partial charge in [0.2, 0.25) is 0 Å². The van der Waals surface area contributed by atoms with Crippen molar-refractivity contribution in [2.24, 2.45) is 0 Å². The standard InChI is InChI=1S/C14H14O2/c1-9-6-7-13-12(8-9)10-4-2-3-5-11(10)14(15)16-13/h6-8H,2-5H2,1H3. The molecule has 0 amide bonds. The van der Waals surface area contributed by atoms with Gasteiger partial charge >= 0.3 is 5.63 Å². The van der Waals surface area contributed by atoms with Gasteiger partial charge in [-0.25, -0.2) is 4.79 Å². The van der Waals surface area contributed by atoms with E-state index in [0.717, 1.165) is 35.8 Å². The molecule has 0 spiro atoms. The summed E-state index contributed by atoms with van der Waals surface area (Å²) in [5.41, 5.74) is 3.95. The lowest BCUT2D eigenvalue weighted by Crippen LogP contribution is -2.15. The van der Waals surface area contributed by atoms with Crippen molar-refractivity contribution in [3.8, 4) is 0 Å². The fraction of sp³-hybridized carbons (Fsp3) is 0.357. The molecular formula is C14H14O2. The molecule has 0 fully saturated rings. The van der Waals surface area contributed by atoms with Gasteiger partial charge in [-0.2, -0.15) is 0 Å². The van der Waals surface area contributed by atoms with Gasteiger partial charge in [-0.05, 0) is 50.3 Å². The van der Waals surface area contributed by atoms with Crippen LogP contribution in [0.5, 0.6) is 0 Å². The molecule has 1 aromatic carbocycles. The highest BCUT2D eigenvalue weighted by molar-refractivity contribution is 5.82. The molecule has 1 heterocycles. The highest BCUT2D eigenvalue weighted by Gasteiger charge is 2.17. The van der Waals surface area contributed by atoms with Crippen molar-refractivity contribution >= 4 is 11.0 Å². The Bertz CT molecular complexity index is 608. The molecule has 1 aliphatic rings. The number of fused-ring (bicyclic) bond motifs is 3. The molecule has 2 aromatic rings. The summed E-state index contributed by atoms with van der Waals surface area (Å²) in [6.45, 7) is 2.07. The van der Waals surface area contributed by atoms with Gasteiger partial charge in [-0.1, -0.05) is 11.6 Å². The van der Waals surface area contributed by atoms with Gasteiger partial charge in [0.05, 0.1) is 0 Å². The number of benzene rings is 1. The third kappa shape index (κ3) is 1.37. The highest BCUT2D eigenvalue weighted by atomic mass is 16.4. The van der Waals surface area contributed by atoms with E-state index in [-0.39, 0.29) is 5.63 Å². The van der Waals surface area contributed by atoms with Crippen LogP contribution < -0.4 is 5.63 Å². The molecule has 1 aliphatic carbocycles. The van der Waals surface area contributed by atoms with E-state index >= 15 is 0 Å². The molecule has 0 saturated carbocycles. The molecule has 0 unspecified atom stereocenters. The summed E-state index contributed by atoms with van der Waals surface area (Å²) >= 11 is 0. The van der Waals surface area contributed by atoms with E-state index in [4.69, 9.17) is 4.42 Å². The van der Waals surface area contributed by atoms with Crippen LogP contribution in [0.3, 0.4) is 0 Å². The molecule has 0 atom stereocenters. The summed E-state index contributed by atoms with van der Waals surface area (Å²) < 4.78 is 5.36. The van der Waals surface area contributed by atoms with Gasteiger partial charge < -0.3 is 4.42 Å². The predicted molar refractivity (Wildman–Crippen MR) is 63.9 cm³/mol. The zero-order valence-electron chi connectivity index (χ0n) is 9.38. The molecule has 0 saturated heterocycles. The second-order valence-electron chi connectivity index (χ2n) is 4.55. The number of hydrogen-bond donors (Lipinski definition) is 0. The summed E-state index contributed by atoms with van der Waals surface area (Å²) in [5, 5.41) is 1.13. The topological polar surface area (TPSA) is 30.2 Å². The van der Waals surface area contributed by atoms with Crippen molar-refractivity contribution in [2.75, 3.05) is 0 Å². The summed E-state index contributed by atoms with van der Waals surface area (Å²) in [7, 11) is 0. The Morgan fingerprint density at radius 1 is 1.12 bits per heavy atom. The van der Waals surface area contributed by atoms with Crippen molar-refractivity contribution in [2.45, 2.75) is 32.6 Å². The molecule has 0 N–H and O–H groups in total. The molecule has 1 aromatic heterocycles. The minimum absolute atomic E-state index is 0.133. The van der Waals surface area contributed by atoms with E-state index in [1.54, 1.807) is 0 Å². The molecular weight excluding hydrogens is 200 g/mol. The van der Waals surface area contributed by atoms with E-state index in [2.05, 4.69) is 13.0 Å². The largest absolute Gasteiger partial charge is 0.423 e. The molecule has 3 rings (SSSR count). The van der Waals surface area contributed by atoms with Crippen LogP contribution in [-0.2, 0) is 12.8 Å².